The average molecular weight is 448 g/mol. The summed E-state index contributed by atoms with van der Waals surface area (Å²) >= 11 is 5.77. The third kappa shape index (κ3) is 3.27. The summed E-state index contributed by atoms with van der Waals surface area (Å²) < 4.78 is 12.8. The third-order valence-corrected chi connectivity index (χ3v) is 4.54. The lowest BCUT2D eigenvalue weighted by Gasteiger charge is -2.18. The van der Waals surface area contributed by atoms with E-state index in [2.05, 4.69) is 38.5 Å². The Balaban J connectivity index is 2.51. The lowest BCUT2D eigenvalue weighted by atomic mass is 9.98. The highest BCUT2D eigenvalue weighted by Gasteiger charge is 2.17. The molecule has 0 radical (unpaired) electrons. The van der Waals surface area contributed by atoms with Gasteiger partial charge in [-0.15, -0.1) is 0 Å². The van der Waals surface area contributed by atoms with E-state index in [1.54, 1.807) is 14.2 Å². The summed E-state index contributed by atoms with van der Waals surface area (Å²) in [6, 6.07) is 11.4. The van der Waals surface area contributed by atoms with Gasteiger partial charge in [-0.3, -0.25) is 0 Å². The highest BCUT2D eigenvalue weighted by molar-refractivity contribution is 14.1. The van der Waals surface area contributed by atoms with E-state index in [1.165, 1.54) is 0 Å². The van der Waals surface area contributed by atoms with Gasteiger partial charge in [-0.05, 0) is 64.6 Å². The van der Waals surface area contributed by atoms with Crippen LogP contribution in [0.25, 0.3) is 0 Å². The van der Waals surface area contributed by atoms with Crippen LogP contribution in [0.4, 0.5) is 0 Å². The maximum atomic E-state index is 6.42. The van der Waals surface area contributed by atoms with E-state index in [-0.39, 0.29) is 6.04 Å². The Morgan fingerprint density at radius 1 is 1.05 bits per heavy atom. The van der Waals surface area contributed by atoms with Crippen LogP contribution in [0.15, 0.2) is 40.9 Å². The molecule has 0 aliphatic carbocycles. The van der Waals surface area contributed by atoms with Gasteiger partial charge in [0.1, 0.15) is 11.5 Å². The number of ether oxygens (including phenoxy) is 2. The Kier molecular flexibility index (Phi) is 5.29. The average Bonchev–Trinajstić information content (AvgIpc) is 2.48. The molecule has 0 aliphatic rings. The van der Waals surface area contributed by atoms with Crippen molar-refractivity contribution in [3.05, 3.63) is 55.6 Å². The van der Waals surface area contributed by atoms with Crippen molar-refractivity contribution in [2.24, 2.45) is 5.73 Å². The molecule has 3 nitrogen and oxygen atoms in total. The van der Waals surface area contributed by atoms with Gasteiger partial charge in [0.05, 0.1) is 20.3 Å². The maximum Gasteiger partial charge on any atom is 0.124 e. The van der Waals surface area contributed by atoms with Gasteiger partial charge in [0.25, 0.3) is 0 Å². The van der Waals surface area contributed by atoms with Crippen LogP contribution in [0.5, 0.6) is 11.5 Å². The molecule has 1 atom stereocenters. The predicted octanol–water partition coefficient (Wildman–Crippen LogP) is 4.12. The lowest BCUT2D eigenvalue weighted by Crippen LogP contribution is -2.14. The van der Waals surface area contributed by atoms with Gasteiger partial charge in [-0.2, -0.15) is 0 Å². The van der Waals surface area contributed by atoms with Crippen molar-refractivity contribution in [1.82, 2.24) is 0 Å². The molecule has 2 N–H and O–H groups in total. The zero-order chi connectivity index (χ0) is 14.7. The summed E-state index contributed by atoms with van der Waals surface area (Å²) in [6.07, 6.45) is 0. The molecular formula is C15H15BrINO2. The van der Waals surface area contributed by atoms with E-state index in [0.717, 1.165) is 30.7 Å². The predicted molar refractivity (Wildman–Crippen MR) is 92.4 cm³/mol. The fourth-order valence-electron chi connectivity index (χ4n) is 2.00. The Hall–Kier alpha value is -0.790. The van der Waals surface area contributed by atoms with Crippen LogP contribution in [-0.2, 0) is 0 Å². The van der Waals surface area contributed by atoms with E-state index < -0.39 is 0 Å². The van der Waals surface area contributed by atoms with Gasteiger partial charge in [0, 0.05) is 13.6 Å². The van der Waals surface area contributed by atoms with Crippen molar-refractivity contribution in [2.45, 2.75) is 6.04 Å². The van der Waals surface area contributed by atoms with E-state index >= 15 is 0 Å². The summed E-state index contributed by atoms with van der Waals surface area (Å²) in [6.45, 7) is 0. The van der Waals surface area contributed by atoms with E-state index in [4.69, 9.17) is 15.2 Å². The number of halogens is 2. The minimum Gasteiger partial charge on any atom is -0.497 e. The fourth-order valence-corrected chi connectivity index (χ4v) is 3.05. The molecule has 0 heterocycles. The second-order valence-corrected chi connectivity index (χ2v) is 6.33. The van der Waals surface area contributed by atoms with Crippen LogP contribution < -0.4 is 15.2 Å². The molecule has 0 aliphatic heterocycles. The first-order valence-electron chi connectivity index (χ1n) is 5.99. The smallest absolute Gasteiger partial charge is 0.124 e. The molecule has 20 heavy (non-hydrogen) atoms. The highest BCUT2D eigenvalue weighted by atomic mass is 127. The van der Waals surface area contributed by atoms with Gasteiger partial charge >= 0.3 is 0 Å². The molecule has 0 fully saturated rings. The zero-order valence-electron chi connectivity index (χ0n) is 11.2. The molecule has 0 aromatic heterocycles. The van der Waals surface area contributed by atoms with E-state index in [0.29, 0.717) is 0 Å². The molecule has 5 heteroatoms. The molecule has 0 amide bonds. The molecule has 0 saturated carbocycles. The normalized spacial score (nSPS) is 12.1. The first-order valence-corrected chi connectivity index (χ1v) is 7.86. The minimum absolute atomic E-state index is 0.274. The quantitative estimate of drug-likeness (QED) is 0.717. The van der Waals surface area contributed by atoms with Gasteiger partial charge in [-0.25, -0.2) is 0 Å². The Morgan fingerprint density at radius 3 is 2.45 bits per heavy atom. The molecule has 2 aromatic rings. The molecule has 106 valence electrons. The molecule has 2 aromatic carbocycles. The SMILES string of the molecule is COc1ccc(OC)c(C(N)c2cc(Br)ccc2I)c1. The number of rotatable bonds is 4. The fraction of sp³-hybridized carbons (Fsp3) is 0.200. The summed E-state index contributed by atoms with van der Waals surface area (Å²) in [7, 11) is 3.28. The van der Waals surface area contributed by atoms with Crippen molar-refractivity contribution >= 4 is 38.5 Å². The van der Waals surface area contributed by atoms with Crippen molar-refractivity contribution < 1.29 is 9.47 Å². The zero-order valence-corrected chi connectivity index (χ0v) is 14.9. The number of nitrogens with two attached hydrogens (primary N) is 1. The second-order valence-electron chi connectivity index (χ2n) is 4.25. The first-order chi connectivity index (χ1) is 9.56. The molecular weight excluding hydrogens is 433 g/mol. The summed E-state index contributed by atoms with van der Waals surface area (Å²) in [5.74, 6) is 1.52. The second kappa shape index (κ2) is 6.78. The van der Waals surface area contributed by atoms with Crippen molar-refractivity contribution in [1.29, 1.82) is 0 Å². The van der Waals surface area contributed by atoms with Crippen LogP contribution in [0.2, 0.25) is 0 Å². The summed E-state index contributed by atoms with van der Waals surface area (Å²) in [4.78, 5) is 0. The van der Waals surface area contributed by atoms with Gasteiger partial charge in [0.15, 0.2) is 0 Å². The van der Waals surface area contributed by atoms with E-state index in [1.807, 2.05) is 36.4 Å². The van der Waals surface area contributed by atoms with Crippen LogP contribution in [0.1, 0.15) is 17.2 Å². The Morgan fingerprint density at radius 2 is 1.80 bits per heavy atom. The van der Waals surface area contributed by atoms with Crippen molar-refractivity contribution in [3.8, 4) is 11.5 Å². The van der Waals surface area contributed by atoms with E-state index in [9.17, 15) is 0 Å². The Bertz CT molecular complexity index is 619. The first kappa shape index (κ1) is 15.6. The number of hydrogen-bond acceptors (Lipinski definition) is 3. The highest BCUT2D eigenvalue weighted by Crippen LogP contribution is 2.34. The molecule has 1 unspecified atom stereocenters. The Labute approximate surface area is 140 Å². The summed E-state index contributed by atoms with van der Waals surface area (Å²) in [5.41, 5.74) is 8.38. The van der Waals surface area contributed by atoms with Crippen LogP contribution >= 0.6 is 38.5 Å². The van der Waals surface area contributed by atoms with Crippen LogP contribution in [-0.4, -0.2) is 14.2 Å². The third-order valence-electron chi connectivity index (χ3n) is 3.07. The number of benzene rings is 2. The molecule has 2 rings (SSSR count). The van der Waals surface area contributed by atoms with Crippen molar-refractivity contribution in [2.75, 3.05) is 14.2 Å². The minimum atomic E-state index is -0.274. The number of hydrogen-bond donors (Lipinski definition) is 1. The molecule has 0 saturated heterocycles. The molecule has 0 bridgehead atoms. The number of methoxy groups -OCH3 is 2. The van der Waals surface area contributed by atoms with Gasteiger partial charge < -0.3 is 15.2 Å². The van der Waals surface area contributed by atoms with Crippen LogP contribution in [0, 0.1) is 3.57 Å². The maximum absolute atomic E-state index is 6.42. The monoisotopic (exact) mass is 447 g/mol. The topological polar surface area (TPSA) is 44.5 Å². The lowest BCUT2D eigenvalue weighted by molar-refractivity contribution is 0.397. The van der Waals surface area contributed by atoms with Gasteiger partial charge in [-0.1, -0.05) is 15.9 Å². The largest absolute Gasteiger partial charge is 0.497 e. The van der Waals surface area contributed by atoms with Crippen molar-refractivity contribution in [3.63, 3.8) is 0 Å². The van der Waals surface area contributed by atoms with Crippen LogP contribution in [0.3, 0.4) is 0 Å². The summed E-state index contributed by atoms with van der Waals surface area (Å²) in [5, 5.41) is 0. The molecule has 0 spiro atoms. The standard InChI is InChI=1S/C15H15BrINO2/c1-19-10-4-6-14(20-2)12(8-10)15(18)11-7-9(16)3-5-13(11)17/h3-8,15H,18H2,1-2H3. The van der Waals surface area contributed by atoms with Gasteiger partial charge in [0.2, 0.25) is 0 Å².